The van der Waals surface area contributed by atoms with Crippen molar-refractivity contribution >= 4 is 11.0 Å². The summed E-state index contributed by atoms with van der Waals surface area (Å²) in [6.45, 7) is 2.82. The van der Waals surface area contributed by atoms with Crippen molar-refractivity contribution in [1.82, 2.24) is 14.1 Å². The van der Waals surface area contributed by atoms with Crippen LogP contribution in [0, 0.1) is 0 Å². The van der Waals surface area contributed by atoms with Crippen molar-refractivity contribution in [2.45, 2.75) is 52.0 Å². The second-order valence-corrected chi connectivity index (χ2v) is 7.95. The van der Waals surface area contributed by atoms with Crippen LogP contribution in [0.5, 0.6) is 0 Å². The van der Waals surface area contributed by atoms with Crippen LogP contribution in [0.25, 0.3) is 28.0 Å². The highest BCUT2D eigenvalue weighted by Crippen LogP contribution is 2.25. The number of benzene rings is 2. The number of unbranched alkanes of at least 4 members (excludes halogenated alkanes) is 5. The lowest BCUT2D eigenvalue weighted by atomic mass is 10.1. The number of pyridine rings is 1. The zero-order valence-electron chi connectivity index (χ0n) is 17.8. The standard InChI is InChI=1S/C25H27N3O3/c1-2-3-4-5-6-10-15-27-22-17-20(29)14-13-18(22)16-21-23(27)26-25(31)28(24(21)30)19-11-8-7-9-12-19/h7-9,11-14,16-17H,2-6,10,15H2,1H3,(H,26,31). The molecule has 6 heteroatoms. The van der Waals surface area contributed by atoms with E-state index in [-0.39, 0.29) is 11.0 Å². The van der Waals surface area contributed by atoms with E-state index >= 15 is 0 Å². The van der Waals surface area contributed by atoms with Gasteiger partial charge in [-0.3, -0.25) is 14.6 Å². The first kappa shape index (κ1) is 20.8. The quantitative estimate of drug-likeness (QED) is 0.343. The van der Waals surface area contributed by atoms with Gasteiger partial charge in [0.2, 0.25) is 0 Å². The monoisotopic (exact) mass is 417 g/mol. The van der Waals surface area contributed by atoms with Crippen LogP contribution in [0.15, 0.2) is 69.0 Å². The minimum atomic E-state index is -0.488. The van der Waals surface area contributed by atoms with Crippen LogP contribution in [0.1, 0.15) is 45.4 Å². The summed E-state index contributed by atoms with van der Waals surface area (Å²) >= 11 is 0. The molecule has 0 amide bonds. The van der Waals surface area contributed by atoms with E-state index < -0.39 is 5.69 Å². The maximum Gasteiger partial charge on any atom is 0.334 e. The molecule has 0 saturated carbocycles. The summed E-state index contributed by atoms with van der Waals surface area (Å²) < 4.78 is 3.08. The normalized spacial score (nSPS) is 11.4. The summed E-state index contributed by atoms with van der Waals surface area (Å²) in [5.41, 5.74) is 1.58. The van der Waals surface area contributed by atoms with E-state index in [1.807, 2.05) is 10.6 Å². The Morgan fingerprint density at radius 1 is 0.839 bits per heavy atom. The number of H-pyrrole nitrogens is 1. The van der Waals surface area contributed by atoms with E-state index in [4.69, 9.17) is 0 Å². The fourth-order valence-electron chi connectivity index (χ4n) is 4.13. The second-order valence-electron chi connectivity index (χ2n) is 7.95. The Kier molecular flexibility index (Phi) is 6.16. The minimum absolute atomic E-state index is 0.0940. The molecule has 160 valence electrons. The van der Waals surface area contributed by atoms with Gasteiger partial charge < -0.3 is 4.57 Å². The average Bonchev–Trinajstić information content (AvgIpc) is 2.77. The third kappa shape index (κ3) is 4.24. The number of hydrogen-bond donors (Lipinski definition) is 1. The van der Waals surface area contributed by atoms with E-state index in [9.17, 15) is 14.4 Å². The number of aromatic nitrogens is 3. The number of rotatable bonds is 8. The molecule has 1 aliphatic carbocycles. The molecule has 6 nitrogen and oxygen atoms in total. The SMILES string of the molecule is CCCCCCCCn1c2cc(=O)ccc-2cc2c(=O)n(-c3ccccc3)c(=O)[nH]c21. The van der Waals surface area contributed by atoms with Crippen molar-refractivity contribution in [3.05, 3.63) is 85.7 Å². The van der Waals surface area contributed by atoms with Crippen LogP contribution < -0.4 is 16.7 Å². The molecule has 0 spiro atoms. The Balaban J connectivity index is 1.85. The molecule has 2 aliphatic rings. The summed E-state index contributed by atoms with van der Waals surface area (Å²) in [6, 6.07) is 15.5. The van der Waals surface area contributed by atoms with E-state index in [0.29, 0.717) is 23.3 Å². The summed E-state index contributed by atoms with van der Waals surface area (Å²) in [4.78, 5) is 41.2. The van der Waals surface area contributed by atoms with E-state index in [0.717, 1.165) is 35.1 Å². The number of aryl methyl sites for hydroxylation is 1. The van der Waals surface area contributed by atoms with Crippen molar-refractivity contribution in [3.8, 4) is 16.9 Å². The van der Waals surface area contributed by atoms with Gasteiger partial charge >= 0.3 is 5.69 Å². The molecule has 0 radical (unpaired) electrons. The lowest BCUT2D eigenvalue weighted by Gasteiger charge is -2.19. The van der Waals surface area contributed by atoms with Crippen molar-refractivity contribution in [2.75, 3.05) is 0 Å². The van der Waals surface area contributed by atoms with Crippen molar-refractivity contribution in [2.24, 2.45) is 0 Å². The number of fused-ring (bicyclic) bond motifs is 2. The number of nitrogens with zero attached hydrogens (tertiary/aromatic N) is 2. The second kappa shape index (κ2) is 9.16. The van der Waals surface area contributed by atoms with Crippen molar-refractivity contribution < 1.29 is 0 Å². The van der Waals surface area contributed by atoms with Gasteiger partial charge in [-0.25, -0.2) is 9.36 Å². The minimum Gasteiger partial charge on any atom is -0.326 e. The third-order valence-corrected chi connectivity index (χ3v) is 5.73. The molecule has 1 aromatic heterocycles. The molecular weight excluding hydrogens is 390 g/mol. The zero-order chi connectivity index (χ0) is 21.8. The molecule has 2 heterocycles. The van der Waals surface area contributed by atoms with Gasteiger partial charge in [0.25, 0.3) is 5.56 Å². The van der Waals surface area contributed by atoms with E-state index in [1.54, 1.807) is 42.5 Å². The topological polar surface area (TPSA) is 76.9 Å². The van der Waals surface area contributed by atoms with Gasteiger partial charge in [-0.1, -0.05) is 57.2 Å². The van der Waals surface area contributed by atoms with Gasteiger partial charge in [0.1, 0.15) is 5.65 Å². The number of para-hydroxylation sites is 1. The zero-order valence-corrected chi connectivity index (χ0v) is 17.8. The van der Waals surface area contributed by atoms with Gasteiger partial charge in [0.15, 0.2) is 5.43 Å². The maximum atomic E-state index is 13.3. The van der Waals surface area contributed by atoms with E-state index in [2.05, 4.69) is 11.9 Å². The number of nitrogens with one attached hydrogen (secondary N) is 1. The summed E-state index contributed by atoms with van der Waals surface area (Å²) in [7, 11) is 0. The highest BCUT2D eigenvalue weighted by Gasteiger charge is 2.17. The summed E-state index contributed by atoms with van der Waals surface area (Å²) in [5.74, 6) is 0. The Labute approximate surface area is 180 Å². The highest BCUT2D eigenvalue weighted by molar-refractivity contribution is 5.83. The van der Waals surface area contributed by atoms with Crippen LogP contribution >= 0.6 is 0 Å². The Morgan fingerprint density at radius 2 is 1.58 bits per heavy atom. The first-order valence-corrected chi connectivity index (χ1v) is 11.0. The lowest BCUT2D eigenvalue weighted by Crippen LogP contribution is -2.35. The molecule has 0 bridgehead atoms. The molecule has 2 aromatic rings. The van der Waals surface area contributed by atoms with Crippen LogP contribution in [0.3, 0.4) is 0 Å². The first-order chi connectivity index (χ1) is 15.1. The Bertz CT molecular complexity index is 1330. The Morgan fingerprint density at radius 3 is 2.35 bits per heavy atom. The van der Waals surface area contributed by atoms with Crippen molar-refractivity contribution in [3.63, 3.8) is 0 Å². The third-order valence-electron chi connectivity index (χ3n) is 5.73. The average molecular weight is 418 g/mol. The van der Waals surface area contributed by atoms with Gasteiger partial charge in [-0.05, 0) is 42.3 Å². The van der Waals surface area contributed by atoms with Gasteiger partial charge in [-0.2, -0.15) is 0 Å². The molecular formula is C25H27N3O3. The fourth-order valence-corrected chi connectivity index (χ4v) is 4.13. The first-order valence-electron chi connectivity index (χ1n) is 11.0. The molecule has 0 saturated heterocycles. The predicted octanol–water partition coefficient (Wildman–Crippen LogP) is 4.31. The summed E-state index contributed by atoms with van der Waals surface area (Å²) in [5, 5.41) is 0.431. The van der Waals surface area contributed by atoms with Crippen LogP contribution in [-0.2, 0) is 6.54 Å². The largest absolute Gasteiger partial charge is 0.334 e. The molecule has 1 aliphatic heterocycles. The van der Waals surface area contributed by atoms with Gasteiger partial charge in [0.05, 0.1) is 16.8 Å². The number of hydrogen-bond acceptors (Lipinski definition) is 3. The molecule has 4 rings (SSSR count). The summed E-state index contributed by atoms with van der Waals surface area (Å²) in [6.07, 6.45) is 6.77. The lowest BCUT2D eigenvalue weighted by molar-refractivity contribution is 0.564. The highest BCUT2D eigenvalue weighted by atomic mass is 16.2. The maximum absolute atomic E-state index is 13.3. The molecule has 31 heavy (non-hydrogen) atoms. The predicted molar refractivity (Wildman–Crippen MR) is 124 cm³/mol. The van der Waals surface area contributed by atoms with Crippen LogP contribution in [0.4, 0.5) is 0 Å². The molecule has 1 aromatic carbocycles. The van der Waals surface area contributed by atoms with Gasteiger partial charge in [-0.15, -0.1) is 0 Å². The van der Waals surface area contributed by atoms with E-state index in [1.165, 1.54) is 25.3 Å². The molecule has 1 N–H and O–H groups in total. The van der Waals surface area contributed by atoms with Crippen LogP contribution in [0.2, 0.25) is 0 Å². The molecule has 0 atom stereocenters. The molecule has 0 unspecified atom stereocenters. The van der Waals surface area contributed by atoms with Gasteiger partial charge in [0, 0.05) is 12.6 Å². The molecule has 0 fully saturated rings. The van der Waals surface area contributed by atoms with Crippen molar-refractivity contribution in [1.29, 1.82) is 0 Å². The smallest absolute Gasteiger partial charge is 0.326 e. The Hall–Kier alpha value is -3.41. The fraction of sp³-hybridized carbons (Fsp3) is 0.320. The number of aromatic amines is 1. The van der Waals surface area contributed by atoms with Crippen LogP contribution in [-0.4, -0.2) is 14.1 Å².